The molecule has 1 heterocycles. The van der Waals surface area contributed by atoms with Gasteiger partial charge in [-0.3, -0.25) is 0 Å². The highest BCUT2D eigenvalue weighted by atomic mass is 16.3. The minimum absolute atomic E-state index is 0.101. The third-order valence-electron chi connectivity index (χ3n) is 2.82. The van der Waals surface area contributed by atoms with Gasteiger partial charge < -0.3 is 15.1 Å². The van der Waals surface area contributed by atoms with Gasteiger partial charge in [-0.25, -0.2) is 9.97 Å². The lowest BCUT2D eigenvalue weighted by Crippen LogP contribution is -2.24. The highest BCUT2D eigenvalue weighted by Gasteiger charge is 2.12. The first-order valence-electron chi connectivity index (χ1n) is 6.31. The van der Waals surface area contributed by atoms with Crippen molar-refractivity contribution in [2.24, 2.45) is 0 Å². The zero-order valence-corrected chi connectivity index (χ0v) is 11.6. The molecule has 102 valence electrons. The Kier molecular flexibility index (Phi) is 5.50. The molecule has 0 bridgehead atoms. The van der Waals surface area contributed by atoms with Crippen molar-refractivity contribution in [1.82, 2.24) is 9.97 Å². The Morgan fingerprint density at radius 2 is 2.00 bits per heavy atom. The lowest BCUT2D eigenvalue weighted by atomic mass is 10.2. The number of anilines is 1. The molecule has 0 aliphatic carbocycles. The molecule has 1 atom stereocenters. The Hall–Kier alpha value is -1.20. The van der Waals surface area contributed by atoms with Crippen LogP contribution in [0.15, 0.2) is 6.20 Å². The molecule has 0 aliphatic rings. The van der Waals surface area contributed by atoms with Crippen LogP contribution in [-0.2, 0) is 6.61 Å². The Morgan fingerprint density at radius 1 is 1.33 bits per heavy atom. The molecule has 0 aromatic carbocycles. The van der Waals surface area contributed by atoms with Gasteiger partial charge >= 0.3 is 0 Å². The first-order valence-corrected chi connectivity index (χ1v) is 6.31. The molecule has 0 fully saturated rings. The van der Waals surface area contributed by atoms with Crippen molar-refractivity contribution < 1.29 is 10.2 Å². The van der Waals surface area contributed by atoms with Gasteiger partial charge in [0.1, 0.15) is 5.82 Å². The van der Waals surface area contributed by atoms with Crippen LogP contribution in [0.4, 0.5) is 5.69 Å². The number of aromatic nitrogens is 2. The van der Waals surface area contributed by atoms with E-state index in [-0.39, 0.29) is 18.6 Å². The second-order valence-electron chi connectivity index (χ2n) is 4.93. The van der Waals surface area contributed by atoms with Gasteiger partial charge in [-0.2, -0.15) is 0 Å². The van der Waals surface area contributed by atoms with Crippen LogP contribution in [0, 0.1) is 0 Å². The van der Waals surface area contributed by atoms with E-state index in [4.69, 9.17) is 0 Å². The van der Waals surface area contributed by atoms with Crippen LogP contribution in [0.5, 0.6) is 0 Å². The van der Waals surface area contributed by atoms with Crippen LogP contribution < -0.4 is 4.90 Å². The quantitative estimate of drug-likeness (QED) is 0.799. The molecular weight excluding hydrogens is 230 g/mol. The van der Waals surface area contributed by atoms with Gasteiger partial charge in [0.25, 0.3) is 0 Å². The third-order valence-corrected chi connectivity index (χ3v) is 2.82. The van der Waals surface area contributed by atoms with Gasteiger partial charge in [-0.05, 0) is 13.3 Å². The summed E-state index contributed by atoms with van der Waals surface area (Å²) in [4.78, 5) is 10.6. The summed E-state index contributed by atoms with van der Waals surface area (Å²) in [5.41, 5.74) is 1.46. The van der Waals surface area contributed by atoms with Crippen molar-refractivity contribution in [2.45, 2.75) is 45.8 Å². The van der Waals surface area contributed by atoms with Gasteiger partial charge in [0.15, 0.2) is 0 Å². The summed E-state index contributed by atoms with van der Waals surface area (Å²) in [6.45, 7) is 6.41. The lowest BCUT2D eigenvalue weighted by Gasteiger charge is -2.22. The molecule has 1 aromatic rings. The summed E-state index contributed by atoms with van der Waals surface area (Å²) in [6.07, 6.45) is 2.09. The highest BCUT2D eigenvalue weighted by Crippen LogP contribution is 2.19. The van der Waals surface area contributed by atoms with Crippen LogP contribution in [-0.4, -0.2) is 39.9 Å². The normalized spacial score (nSPS) is 12.8. The van der Waals surface area contributed by atoms with Crippen LogP contribution in [0.3, 0.4) is 0 Å². The van der Waals surface area contributed by atoms with E-state index in [2.05, 4.69) is 9.97 Å². The molecule has 18 heavy (non-hydrogen) atoms. The van der Waals surface area contributed by atoms with E-state index in [1.54, 1.807) is 13.1 Å². The molecule has 5 heteroatoms. The fraction of sp³-hybridized carbons (Fsp3) is 0.692. The molecule has 0 spiro atoms. The summed E-state index contributed by atoms with van der Waals surface area (Å²) in [5.74, 6) is 0.985. The number of hydrogen-bond donors (Lipinski definition) is 2. The predicted octanol–water partition coefficient (Wildman–Crippen LogP) is 1.30. The van der Waals surface area contributed by atoms with Crippen molar-refractivity contribution >= 4 is 5.69 Å². The zero-order chi connectivity index (χ0) is 13.7. The first kappa shape index (κ1) is 14.9. The number of aliphatic hydroxyl groups excluding tert-OH is 2. The predicted molar refractivity (Wildman–Crippen MR) is 71.6 cm³/mol. The maximum absolute atomic E-state index is 9.38. The maximum Gasteiger partial charge on any atom is 0.131 e. The summed E-state index contributed by atoms with van der Waals surface area (Å²) in [6, 6.07) is 0. The van der Waals surface area contributed by atoms with Gasteiger partial charge in [-0.1, -0.05) is 13.8 Å². The standard InChI is InChI=1S/C13H23N3O2/c1-9(2)13-14-7-12(11(8-17)15-13)16(4)6-5-10(3)18/h7,9-10,17-18H,5-6,8H2,1-4H3. The highest BCUT2D eigenvalue weighted by molar-refractivity contribution is 5.48. The van der Waals surface area contributed by atoms with Gasteiger partial charge in [-0.15, -0.1) is 0 Å². The Bertz CT molecular complexity index is 380. The average molecular weight is 253 g/mol. The molecule has 5 nitrogen and oxygen atoms in total. The Morgan fingerprint density at radius 3 is 2.50 bits per heavy atom. The molecular formula is C13H23N3O2. The molecule has 0 saturated heterocycles. The molecule has 0 amide bonds. The summed E-state index contributed by atoms with van der Waals surface area (Å²) in [5, 5.41) is 18.7. The minimum atomic E-state index is -0.333. The van der Waals surface area contributed by atoms with E-state index in [1.165, 1.54) is 0 Å². The fourth-order valence-corrected chi connectivity index (χ4v) is 1.64. The van der Waals surface area contributed by atoms with Crippen LogP contribution >= 0.6 is 0 Å². The minimum Gasteiger partial charge on any atom is -0.393 e. The van der Waals surface area contributed by atoms with E-state index < -0.39 is 0 Å². The molecule has 2 N–H and O–H groups in total. The molecule has 1 unspecified atom stereocenters. The average Bonchev–Trinajstić information content (AvgIpc) is 2.34. The SMILES string of the molecule is CC(O)CCN(C)c1cnc(C(C)C)nc1CO. The second kappa shape index (κ2) is 6.66. The second-order valence-corrected chi connectivity index (χ2v) is 4.93. The Balaban J connectivity index is 2.87. The van der Waals surface area contributed by atoms with E-state index in [1.807, 2.05) is 25.8 Å². The summed E-state index contributed by atoms with van der Waals surface area (Å²) in [7, 11) is 1.91. The first-order chi connectivity index (χ1) is 8.45. The molecule has 0 aliphatic heterocycles. The number of rotatable bonds is 6. The topological polar surface area (TPSA) is 69.5 Å². The molecule has 1 aromatic heterocycles. The molecule has 0 radical (unpaired) electrons. The van der Waals surface area contributed by atoms with E-state index >= 15 is 0 Å². The monoisotopic (exact) mass is 253 g/mol. The fourth-order valence-electron chi connectivity index (χ4n) is 1.64. The van der Waals surface area contributed by atoms with Crippen molar-refractivity contribution in [2.75, 3.05) is 18.5 Å². The largest absolute Gasteiger partial charge is 0.393 e. The van der Waals surface area contributed by atoms with Gasteiger partial charge in [0, 0.05) is 19.5 Å². The summed E-state index contributed by atoms with van der Waals surface area (Å²) < 4.78 is 0. The molecule has 1 rings (SSSR count). The lowest BCUT2D eigenvalue weighted by molar-refractivity contribution is 0.187. The number of hydrogen-bond acceptors (Lipinski definition) is 5. The van der Waals surface area contributed by atoms with E-state index in [0.29, 0.717) is 18.7 Å². The van der Waals surface area contributed by atoms with Crippen molar-refractivity contribution in [1.29, 1.82) is 0 Å². The number of nitrogens with zero attached hydrogens (tertiary/aromatic N) is 3. The third kappa shape index (κ3) is 3.92. The van der Waals surface area contributed by atoms with Gasteiger partial charge in [0.2, 0.25) is 0 Å². The van der Waals surface area contributed by atoms with Gasteiger partial charge in [0.05, 0.1) is 30.3 Å². The smallest absolute Gasteiger partial charge is 0.131 e. The van der Waals surface area contributed by atoms with E-state index in [0.717, 1.165) is 11.5 Å². The van der Waals surface area contributed by atoms with Crippen molar-refractivity contribution in [3.8, 4) is 0 Å². The summed E-state index contributed by atoms with van der Waals surface area (Å²) >= 11 is 0. The van der Waals surface area contributed by atoms with Crippen molar-refractivity contribution in [3.63, 3.8) is 0 Å². The van der Waals surface area contributed by atoms with E-state index in [9.17, 15) is 10.2 Å². The zero-order valence-electron chi connectivity index (χ0n) is 11.6. The molecule has 0 saturated carbocycles. The Labute approximate surface area is 109 Å². The number of aliphatic hydroxyl groups is 2. The van der Waals surface area contributed by atoms with Crippen molar-refractivity contribution in [3.05, 3.63) is 17.7 Å². The van der Waals surface area contributed by atoms with Crippen LogP contribution in [0.2, 0.25) is 0 Å². The van der Waals surface area contributed by atoms with Crippen LogP contribution in [0.1, 0.15) is 44.6 Å². The maximum atomic E-state index is 9.38. The van der Waals surface area contributed by atoms with Crippen LogP contribution in [0.25, 0.3) is 0 Å².